The molecule has 20 heavy (non-hydrogen) atoms. The van der Waals surface area contributed by atoms with Gasteiger partial charge in [0.05, 0.1) is 9.79 Å². The van der Waals surface area contributed by atoms with E-state index in [4.69, 9.17) is 4.55 Å². The van der Waals surface area contributed by atoms with E-state index < -0.39 is 30.0 Å². The first-order valence-corrected chi connectivity index (χ1v) is 7.35. The maximum absolute atomic E-state index is 11.1. The van der Waals surface area contributed by atoms with Crippen LogP contribution in [0.2, 0.25) is 0 Å². The van der Waals surface area contributed by atoms with Crippen molar-refractivity contribution in [3.63, 3.8) is 0 Å². The van der Waals surface area contributed by atoms with Crippen molar-refractivity contribution in [3.05, 3.63) is 18.2 Å². The summed E-state index contributed by atoms with van der Waals surface area (Å²) in [4.78, 5) is -1.60. The van der Waals surface area contributed by atoms with Gasteiger partial charge in [-0.1, -0.05) is 0 Å². The third-order valence-corrected chi connectivity index (χ3v) is 3.83. The quantitative estimate of drug-likeness (QED) is 0.422. The summed E-state index contributed by atoms with van der Waals surface area (Å²) in [5.41, 5.74) is -0.226. The van der Waals surface area contributed by atoms with Crippen LogP contribution in [0.1, 0.15) is 0 Å². The molecule has 1 aromatic carbocycles. The molecule has 0 aliphatic carbocycles. The van der Waals surface area contributed by atoms with Crippen molar-refractivity contribution in [2.24, 2.45) is 0 Å². The molecule has 0 amide bonds. The third kappa shape index (κ3) is 3.60. The van der Waals surface area contributed by atoms with Gasteiger partial charge in [0.2, 0.25) is 5.82 Å². The smallest absolute Gasteiger partial charge is 0.744 e. The van der Waals surface area contributed by atoms with Gasteiger partial charge in [0.1, 0.15) is 10.1 Å². The van der Waals surface area contributed by atoms with E-state index in [-0.39, 0.29) is 40.9 Å². The second-order valence-electron chi connectivity index (χ2n) is 3.32. The predicted octanol–water partition coefficient (Wildman–Crippen LogP) is -3.98. The summed E-state index contributed by atoms with van der Waals surface area (Å²) in [6, 6.07) is 2.43. The Bertz CT molecular complexity index is 817. The first-order chi connectivity index (χ1) is 8.69. The fourth-order valence-corrected chi connectivity index (χ4v) is 2.61. The van der Waals surface area contributed by atoms with E-state index in [1.807, 2.05) is 0 Å². The number of aromatic amines is 1. The average molecular weight is 328 g/mol. The molecule has 1 heterocycles. The summed E-state index contributed by atoms with van der Waals surface area (Å²) in [6.45, 7) is 0. The van der Waals surface area contributed by atoms with Crippen LogP contribution in [0.3, 0.4) is 0 Å². The number of rotatable bonds is 3. The van der Waals surface area contributed by atoms with Crippen LogP contribution in [0.25, 0.3) is 11.4 Å². The van der Waals surface area contributed by atoms with Crippen molar-refractivity contribution in [1.82, 2.24) is 20.6 Å². The van der Waals surface area contributed by atoms with E-state index in [0.29, 0.717) is 6.07 Å². The third-order valence-electron chi connectivity index (χ3n) is 2.11. The van der Waals surface area contributed by atoms with E-state index in [9.17, 15) is 21.4 Å². The Hall–Kier alpha value is -0.890. The maximum atomic E-state index is 11.1. The van der Waals surface area contributed by atoms with E-state index in [1.165, 1.54) is 0 Å². The Morgan fingerprint density at radius 3 is 2.30 bits per heavy atom. The van der Waals surface area contributed by atoms with Crippen molar-refractivity contribution < 1.29 is 55.5 Å². The molecule has 10 nitrogen and oxygen atoms in total. The van der Waals surface area contributed by atoms with Crippen molar-refractivity contribution in [2.45, 2.75) is 9.79 Å². The van der Waals surface area contributed by atoms with Crippen molar-refractivity contribution in [2.75, 3.05) is 0 Å². The summed E-state index contributed by atoms with van der Waals surface area (Å²) in [7, 11) is -9.63. The molecular formula is C7H5N4NaO6S2. The van der Waals surface area contributed by atoms with Gasteiger partial charge >= 0.3 is 29.6 Å². The molecule has 0 aliphatic rings. The molecule has 0 saturated heterocycles. The van der Waals surface area contributed by atoms with Gasteiger partial charge in [-0.3, -0.25) is 4.55 Å². The van der Waals surface area contributed by atoms with E-state index in [1.54, 1.807) is 0 Å². The Morgan fingerprint density at radius 1 is 1.20 bits per heavy atom. The maximum Gasteiger partial charge on any atom is 1.00 e. The number of tetrazole rings is 1. The van der Waals surface area contributed by atoms with Crippen LogP contribution < -0.4 is 29.6 Å². The number of benzene rings is 1. The van der Waals surface area contributed by atoms with Gasteiger partial charge in [0.15, 0.2) is 0 Å². The molecule has 13 heteroatoms. The predicted molar refractivity (Wildman–Crippen MR) is 57.4 cm³/mol. The van der Waals surface area contributed by atoms with Gasteiger partial charge in [-0.15, -0.1) is 10.2 Å². The van der Waals surface area contributed by atoms with E-state index in [2.05, 4.69) is 20.6 Å². The minimum absolute atomic E-state index is 0. The Kier molecular flexibility index (Phi) is 5.02. The van der Waals surface area contributed by atoms with Crippen molar-refractivity contribution in [3.8, 4) is 11.4 Å². The molecule has 102 valence electrons. The molecule has 0 spiro atoms. The fourth-order valence-electron chi connectivity index (χ4n) is 1.33. The molecule has 0 bridgehead atoms. The summed E-state index contributed by atoms with van der Waals surface area (Å²) < 4.78 is 64.0. The topological polar surface area (TPSA) is 166 Å². The first-order valence-electron chi connectivity index (χ1n) is 4.51. The van der Waals surface area contributed by atoms with Gasteiger partial charge in [0, 0.05) is 5.56 Å². The number of aromatic nitrogens is 4. The van der Waals surface area contributed by atoms with Gasteiger partial charge in [-0.05, 0) is 23.4 Å². The van der Waals surface area contributed by atoms with Crippen LogP contribution in [-0.2, 0) is 20.2 Å². The van der Waals surface area contributed by atoms with E-state index >= 15 is 0 Å². The SMILES string of the molecule is O=S(=O)([O-])c1cc(S(=O)(=O)O)ccc1-c1nn[nH]n1.[Na+]. The largest absolute Gasteiger partial charge is 1.00 e. The Balaban J connectivity index is 0.00000200. The fraction of sp³-hybridized carbons (Fsp3) is 0. The molecule has 0 atom stereocenters. The molecule has 0 saturated carbocycles. The minimum atomic E-state index is -4.99. The molecule has 0 fully saturated rings. The zero-order valence-corrected chi connectivity index (χ0v) is 13.5. The summed E-state index contributed by atoms with van der Waals surface area (Å²) in [5, 5.41) is 12.2. The van der Waals surface area contributed by atoms with E-state index in [0.717, 1.165) is 12.1 Å². The Labute approximate surface area is 135 Å². The van der Waals surface area contributed by atoms with Crippen LogP contribution in [0, 0.1) is 0 Å². The van der Waals surface area contributed by atoms with Crippen LogP contribution in [0.5, 0.6) is 0 Å². The number of nitrogens with one attached hydrogen (secondary N) is 1. The normalized spacial score (nSPS) is 11.9. The second-order valence-corrected chi connectivity index (χ2v) is 6.09. The van der Waals surface area contributed by atoms with Gasteiger partial charge in [0.25, 0.3) is 10.1 Å². The summed E-state index contributed by atoms with van der Waals surface area (Å²) >= 11 is 0. The minimum Gasteiger partial charge on any atom is -0.744 e. The summed E-state index contributed by atoms with van der Waals surface area (Å²) in [5.74, 6) is -0.198. The number of hydrogen-bond donors (Lipinski definition) is 2. The Morgan fingerprint density at radius 2 is 1.85 bits per heavy atom. The molecule has 2 rings (SSSR count). The molecular weight excluding hydrogens is 323 g/mol. The van der Waals surface area contributed by atoms with Crippen LogP contribution >= 0.6 is 0 Å². The van der Waals surface area contributed by atoms with Crippen molar-refractivity contribution >= 4 is 20.2 Å². The average Bonchev–Trinajstić information content (AvgIpc) is 2.79. The monoisotopic (exact) mass is 328 g/mol. The van der Waals surface area contributed by atoms with Gasteiger partial charge in [-0.25, -0.2) is 8.42 Å². The molecule has 2 N–H and O–H groups in total. The second kappa shape index (κ2) is 5.85. The zero-order valence-electron chi connectivity index (χ0n) is 9.88. The molecule has 0 radical (unpaired) electrons. The molecule has 2 aromatic rings. The van der Waals surface area contributed by atoms with Gasteiger partial charge < -0.3 is 4.55 Å². The number of nitrogens with zero attached hydrogens (tertiary/aromatic N) is 3. The molecule has 0 aliphatic heterocycles. The zero-order chi connectivity index (χ0) is 14.3. The number of H-pyrrole nitrogens is 1. The van der Waals surface area contributed by atoms with Crippen LogP contribution in [-0.4, -0.2) is 46.6 Å². The van der Waals surface area contributed by atoms with Crippen LogP contribution in [0.15, 0.2) is 28.0 Å². The van der Waals surface area contributed by atoms with Crippen LogP contribution in [0.4, 0.5) is 0 Å². The number of hydrogen-bond acceptors (Lipinski definition) is 8. The molecule has 0 unspecified atom stereocenters. The van der Waals surface area contributed by atoms with Crippen molar-refractivity contribution in [1.29, 1.82) is 0 Å². The summed E-state index contributed by atoms with van der Waals surface area (Å²) in [6.07, 6.45) is 0. The van der Waals surface area contributed by atoms with Gasteiger partial charge in [-0.2, -0.15) is 13.6 Å². The standard InChI is InChI=1S/C7H6N4O6S2.Na/c12-18(13,14)4-1-2-5(7-8-10-11-9-7)6(3-4)19(15,16)17;/h1-3H,(H,12,13,14)(H,15,16,17)(H,8,9,10,11);/q;+1/p-1. The molecule has 1 aromatic heterocycles. The first kappa shape index (κ1) is 17.2.